The fourth-order valence-electron chi connectivity index (χ4n) is 3.47. The zero-order valence-electron chi connectivity index (χ0n) is 15.7. The number of phenolic OH excluding ortho intramolecular Hbond substituents is 1. The van der Waals surface area contributed by atoms with Crippen LogP contribution in [0, 0.1) is 11.8 Å². The lowest BCUT2D eigenvalue weighted by molar-refractivity contribution is -0.141. The molecule has 6 heteroatoms. The number of aromatic hydroxyl groups is 1. The normalized spacial score (nSPS) is 18.9. The summed E-state index contributed by atoms with van der Waals surface area (Å²) in [4.78, 5) is 12.3. The van der Waals surface area contributed by atoms with Crippen LogP contribution in [0.3, 0.4) is 0 Å². The second kappa shape index (κ2) is 8.20. The molecule has 27 heavy (non-hydrogen) atoms. The molecule has 1 N–H and O–H groups in total. The van der Waals surface area contributed by atoms with E-state index in [4.69, 9.17) is 18.9 Å². The molecule has 0 aliphatic carbocycles. The van der Waals surface area contributed by atoms with E-state index in [-0.39, 0.29) is 23.6 Å². The molecule has 0 aromatic heterocycles. The van der Waals surface area contributed by atoms with Gasteiger partial charge in [-0.15, -0.1) is 0 Å². The summed E-state index contributed by atoms with van der Waals surface area (Å²) in [6.07, 6.45) is 1.24. The molecule has 2 aromatic carbocycles. The van der Waals surface area contributed by atoms with Crippen molar-refractivity contribution in [2.75, 3.05) is 27.9 Å². The molecule has 1 saturated heterocycles. The summed E-state index contributed by atoms with van der Waals surface area (Å²) in [5, 5.41) is 9.75. The summed E-state index contributed by atoms with van der Waals surface area (Å²) < 4.78 is 21.1. The average molecular weight is 372 g/mol. The number of rotatable bonds is 7. The summed E-state index contributed by atoms with van der Waals surface area (Å²) in [5.41, 5.74) is 1.98. The minimum atomic E-state index is -0.233. The molecule has 0 spiro atoms. The number of methoxy groups -OCH3 is 3. The highest BCUT2D eigenvalue weighted by atomic mass is 16.5. The summed E-state index contributed by atoms with van der Waals surface area (Å²) in [7, 11) is 4.70. The van der Waals surface area contributed by atoms with Crippen molar-refractivity contribution in [3.8, 4) is 23.0 Å². The van der Waals surface area contributed by atoms with E-state index in [1.54, 1.807) is 26.4 Å². The molecule has 2 aromatic rings. The lowest BCUT2D eigenvalue weighted by Crippen LogP contribution is -2.20. The Morgan fingerprint density at radius 2 is 1.56 bits per heavy atom. The Morgan fingerprint density at radius 3 is 2.26 bits per heavy atom. The predicted octanol–water partition coefficient (Wildman–Crippen LogP) is 2.99. The molecule has 0 amide bonds. The van der Waals surface area contributed by atoms with Crippen molar-refractivity contribution in [2.45, 2.75) is 12.8 Å². The molecule has 0 unspecified atom stereocenters. The maximum Gasteiger partial charge on any atom is 0.309 e. The summed E-state index contributed by atoms with van der Waals surface area (Å²) in [6, 6.07) is 10.9. The highest BCUT2D eigenvalue weighted by molar-refractivity contribution is 5.75. The molecule has 1 fully saturated rings. The Morgan fingerprint density at radius 1 is 0.926 bits per heavy atom. The van der Waals surface area contributed by atoms with Gasteiger partial charge in [0, 0.05) is 5.92 Å². The molecule has 0 radical (unpaired) electrons. The number of hydrogen-bond donors (Lipinski definition) is 1. The molecule has 1 aliphatic rings. The lowest BCUT2D eigenvalue weighted by Gasteiger charge is -2.17. The molecule has 3 rings (SSSR count). The monoisotopic (exact) mass is 372 g/mol. The van der Waals surface area contributed by atoms with Crippen LogP contribution < -0.4 is 14.2 Å². The van der Waals surface area contributed by atoms with Crippen LogP contribution in [0.1, 0.15) is 11.1 Å². The van der Waals surface area contributed by atoms with E-state index < -0.39 is 0 Å². The number of carbonyl (C=O) groups is 1. The van der Waals surface area contributed by atoms with Gasteiger partial charge in [-0.05, 0) is 48.2 Å². The Bertz CT molecular complexity index is 816. The van der Waals surface area contributed by atoms with Gasteiger partial charge in [0.25, 0.3) is 0 Å². The van der Waals surface area contributed by atoms with Gasteiger partial charge in [-0.3, -0.25) is 4.79 Å². The molecular weight excluding hydrogens is 348 g/mol. The van der Waals surface area contributed by atoms with Gasteiger partial charge in [0.15, 0.2) is 23.0 Å². The van der Waals surface area contributed by atoms with Crippen molar-refractivity contribution in [1.82, 2.24) is 0 Å². The van der Waals surface area contributed by atoms with Gasteiger partial charge in [0.05, 0.1) is 33.9 Å². The number of phenols is 1. The number of cyclic esters (lactones) is 1. The quantitative estimate of drug-likeness (QED) is 0.753. The van der Waals surface area contributed by atoms with E-state index in [0.29, 0.717) is 36.7 Å². The second-order valence-corrected chi connectivity index (χ2v) is 6.60. The number of esters is 1. The second-order valence-electron chi connectivity index (χ2n) is 6.60. The fraction of sp³-hybridized carbons (Fsp3) is 0.381. The lowest BCUT2D eigenvalue weighted by atomic mass is 9.85. The maximum absolute atomic E-state index is 12.3. The first-order valence-corrected chi connectivity index (χ1v) is 8.79. The van der Waals surface area contributed by atoms with Crippen molar-refractivity contribution in [3.05, 3.63) is 47.5 Å². The highest BCUT2D eigenvalue weighted by Gasteiger charge is 2.37. The highest BCUT2D eigenvalue weighted by Crippen LogP contribution is 2.34. The van der Waals surface area contributed by atoms with Gasteiger partial charge >= 0.3 is 5.97 Å². The van der Waals surface area contributed by atoms with Crippen molar-refractivity contribution in [2.24, 2.45) is 11.8 Å². The molecule has 0 bridgehead atoms. The zero-order chi connectivity index (χ0) is 19.4. The van der Waals surface area contributed by atoms with E-state index in [1.165, 1.54) is 7.11 Å². The standard InChI is InChI=1S/C21H24O6/c1-24-18-7-5-14(11-20(18)26-3)9-16-15(12-27-21(16)23)8-13-4-6-17(22)19(10-13)25-2/h4-7,10-11,15-16,22H,8-9,12H2,1-3H3/t15-,16-/m1/s1. The number of benzene rings is 2. The molecule has 144 valence electrons. The third-order valence-electron chi connectivity index (χ3n) is 4.96. The molecule has 1 heterocycles. The minimum Gasteiger partial charge on any atom is -0.504 e. The summed E-state index contributed by atoms with van der Waals surface area (Å²) >= 11 is 0. The zero-order valence-corrected chi connectivity index (χ0v) is 15.7. The van der Waals surface area contributed by atoms with Crippen molar-refractivity contribution in [3.63, 3.8) is 0 Å². The Hall–Kier alpha value is -2.89. The van der Waals surface area contributed by atoms with Crippen LogP contribution in [0.15, 0.2) is 36.4 Å². The van der Waals surface area contributed by atoms with E-state index in [2.05, 4.69) is 0 Å². The van der Waals surface area contributed by atoms with Crippen LogP contribution >= 0.6 is 0 Å². The minimum absolute atomic E-state index is 0.0554. The predicted molar refractivity (Wildman–Crippen MR) is 99.6 cm³/mol. The van der Waals surface area contributed by atoms with E-state index in [9.17, 15) is 9.90 Å². The molecule has 6 nitrogen and oxygen atoms in total. The Balaban J connectivity index is 1.77. The van der Waals surface area contributed by atoms with Crippen molar-refractivity contribution >= 4 is 5.97 Å². The number of ether oxygens (including phenoxy) is 4. The fourth-order valence-corrected chi connectivity index (χ4v) is 3.47. The molecular formula is C21H24O6. The van der Waals surface area contributed by atoms with Crippen molar-refractivity contribution in [1.29, 1.82) is 0 Å². The first-order chi connectivity index (χ1) is 13.0. The summed E-state index contributed by atoms with van der Waals surface area (Å²) in [6.45, 7) is 0.389. The van der Waals surface area contributed by atoms with Crippen molar-refractivity contribution < 1.29 is 28.8 Å². The van der Waals surface area contributed by atoms with Gasteiger partial charge in [0.2, 0.25) is 0 Å². The number of hydrogen-bond acceptors (Lipinski definition) is 6. The number of carbonyl (C=O) groups excluding carboxylic acids is 1. The first kappa shape index (κ1) is 18.9. The van der Waals surface area contributed by atoms with Gasteiger partial charge in [0.1, 0.15) is 0 Å². The Kier molecular flexibility index (Phi) is 5.74. The smallest absolute Gasteiger partial charge is 0.309 e. The van der Waals surface area contributed by atoms with Gasteiger partial charge in [-0.1, -0.05) is 12.1 Å². The van der Waals surface area contributed by atoms with E-state index in [1.807, 2.05) is 24.3 Å². The van der Waals surface area contributed by atoms with Gasteiger partial charge in [-0.2, -0.15) is 0 Å². The SMILES string of the molecule is COc1cc(C[C@@H]2COC(=O)[C@@H]2Cc2ccc(OC)c(OC)c2)ccc1O. The molecule has 2 atom stereocenters. The van der Waals surface area contributed by atoms with E-state index >= 15 is 0 Å². The van der Waals surface area contributed by atoms with Crippen LogP contribution in [0.5, 0.6) is 23.0 Å². The van der Waals surface area contributed by atoms with Crippen LogP contribution in [0.2, 0.25) is 0 Å². The maximum atomic E-state index is 12.3. The first-order valence-electron chi connectivity index (χ1n) is 8.79. The van der Waals surface area contributed by atoms with E-state index in [0.717, 1.165) is 11.1 Å². The van der Waals surface area contributed by atoms with Crippen LogP contribution in [-0.2, 0) is 22.4 Å². The third-order valence-corrected chi connectivity index (χ3v) is 4.96. The van der Waals surface area contributed by atoms with Gasteiger partial charge < -0.3 is 24.1 Å². The van der Waals surface area contributed by atoms with Gasteiger partial charge in [-0.25, -0.2) is 0 Å². The van der Waals surface area contributed by atoms with Crippen LogP contribution in [-0.4, -0.2) is 39.0 Å². The average Bonchev–Trinajstić information content (AvgIpc) is 3.02. The van der Waals surface area contributed by atoms with Crippen LogP contribution in [0.25, 0.3) is 0 Å². The largest absolute Gasteiger partial charge is 0.504 e. The topological polar surface area (TPSA) is 74.2 Å². The summed E-state index contributed by atoms with van der Waals surface area (Å²) in [5.74, 6) is 1.46. The molecule has 1 aliphatic heterocycles. The van der Waals surface area contributed by atoms with Crippen LogP contribution in [0.4, 0.5) is 0 Å². The Labute approximate surface area is 158 Å². The molecule has 0 saturated carbocycles. The third kappa shape index (κ3) is 4.10.